The fourth-order valence-corrected chi connectivity index (χ4v) is 4.15. The molecule has 0 aromatic heterocycles. The average Bonchev–Trinajstić information content (AvgIpc) is 2.65. The summed E-state index contributed by atoms with van der Waals surface area (Å²) in [5, 5.41) is 3.54. The number of hydrogen-bond acceptors (Lipinski definition) is 5. The van der Waals surface area contributed by atoms with Gasteiger partial charge in [-0.05, 0) is 30.2 Å². The Morgan fingerprint density at radius 1 is 1.25 bits per heavy atom. The number of fused-ring (bicyclic) bond motifs is 2. The van der Waals surface area contributed by atoms with E-state index in [0.29, 0.717) is 12.8 Å². The highest BCUT2D eigenvalue weighted by molar-refractivity contribution is 7.99. The van der Waals surface area contributed by atoms with Crippen molar-refractivity contribution in [1.82, 2.24) is 0 Å². The fourth-order valence-electron chi connectivity index (χ4n) is 3.09. The number of morpholine rings is 1. The normalized spacial score (nSPS) is 16.1. The van der Waals surface area contributed by atoms with Crippen LogP contribution in [0.1, 0.15) is 12.0 Å². The number of aryl methyl sites for hydroxylation is 1. The third kappa shape index (κ3) is 3.01. The van der Waals surface area contributed by atoms with E-state index >= 15 is 0 Å². The molecule has 0 aliphatic carbocycles. The first-order valence-corrected chi connectivity index (χ1v) is 9.06. The van der Waals surface area contributed by atoms with Gasteiger partial charge in [0.15, 0.2) is 0 Å². The van der Waals surface area contributed by atoms with Crippen molar-refractivity contribution >= 4 is 35.1 Å². The van der Waals surface area contributed by atoms with Crippen molar-refractivity contribution in [2.75, 3.05) is 36.5 Å². The topological polar surface area (TPSA) is 41.6 Å². The van der Waals surface area contributed by atoms with Crippen LogP contribution in [0.3, 0.4) is 0 Å². The Labute approximate surface area is 146 Å². The smallest absolute Gasteiger partial charge is 0.120 e. The van der Waals surface area contributed by atoms with Crippen molar-refractivity contribution < 1.29 is 9.53 Å². The van der Waals surface area contributed by atoms with Crippen molar-refractivity contribution in [3.05, 3.63) is 42.0 Å². The number of para-hydroxylation sites is 1. The molecule has 2 aliphatic heterocycles. The number of nitrogens with one attached hydrogen (secondary N) is 1. The van der Waals surface area contributed by atoms with Crippen molar-refractivity contribution in [1.29, 1.82) is 0 Å². The van der Waals surface area contributed by atoms with Crippen LogP contribution >= 0.6 is 11.8 Å². The van der Waals surface area contributed by atoms with Crippen LogP contribution in [0.5, 0.6) is 0 Å². The number of rotatable bonds is 4. The number of benzene rings is 2. The maximum Gasteiger partial charge on any atom is 0.120 e. The number of hydrogen-bond donors (Lipinski definition) is 1. The van der Waals surface area contributed by atoms with Gasteiger partial charge < -0.3 is 19.7 Å². The monoisotopic (exact) mass is 339 g/mol. The lowest BCUT2D eigenvalue weighted by molar-refractivity contribution is -0.107. The minimum atomic E-state index is 0.517. The van der Waals surface area contributed by atoms with E-state index in [-0.39, 0.29) is 0 Å². The van der Waals surface area contributed by atoms with E-state index in [1.165, 1.54) is 9.79 Å². The summed E-state index contributed by atoms with van der Waals surface area (Å²) < 4.78 is 5.46. The summed E-state index contributed by atoms with van der Waals surface area (Å²) in [5.74, 6) is 0. The van der Waals surface area contributed by atoms with E-state index in [1.807, 2.05) is 6.07 Å². The molecule has 0 bridgehead atoms. The van der Waals surface area contributed by atoms with Gasteiger partial charge >= 0.3 is 0 Å². The van der Waals surface area contributed by atoms with Crippen LogP contribution in [0.4, 0.5) is 17.1 Å². The van der Waals surface area contributed by atoms with Gasteiger partial charge in [-0.3, -0.25) is 0 Å². The number of ether oxygens (including phenoxy) is 1. The van der Waals surface area contributed by atoms with Crippen LogP contribution < -0.4 is 10.2 Å². The van der Waals surface area contributed by atoms with Crippen molar-refractivity contribution in [3.8, 4) is 0 Å². The van der Waals surface area contributed by atoms with Gasteiger partial charge in [-0.15, -0.1) is 0 Å². The van der Waals surface area contributed by atoms with Crippen LogP contribution in [-0.2, 0) is 16.0 Å². The van der Waals surface area contributed by atoms with E-state index in [4.69, 9.17) is 4.74 Å². The second-order valence-electron chi connectivity index (χ2n) is 5.90. The average molecular weight is 339 g/mol. The second-order valence-corrected chi connectivity index (χ2v) is 6.98. The maximum absolute atomic E-state index is 10.9. The van der Waals surface area contributed by atoms with Gasteiger partial charge in [0.05, 0.1) is 24.6 Å². The Bertz CT molecular complexity index is 757. The zero-order chi connectivity index (χ0) is 16.4. The molecule has 1 radical (unpaired) electrons. The maximum atomic E-state index is 10.9. The molecule has 4 rings (SSSR count). The largest absolute Gasteiger partial charge is 0.378 e. The molecular weight excluding hydrogens is 320 g/mol. The number of nitrogens with zero attached hydrogens (tertiary/aromatic N) is 1. The van der Waals surface area contributed by atoms with Crippen LogP contribution in [-0.4, -0.2) is 32.6 Å². The molecule has 0 amide bonds. The molecule has 4 nitrogen and oxygen atoms in total. The first kappa shape index (κ1) is 15.5. The molecular formula is C19H19N2O2S. The summed E-state index contributed by atoms with van der Waals surface area (Å²) in [6, 6.07) is 14.1. The van der Waals surface area contributed by atoms with E-state index < -0.39 is 0 Å². The van der Waals surface area contributed by atoms with Gasteiger partial charge in [0.1, 0.15) is 6.29 Å². The number of carbonyl (C=O) groups is 1. The number of anilines is 3. The molecule has 123 valence electrons. The van der Waals surface area contributed by atoms with Crippen molar-refractivity contribution in [2.24, 2.45) is 0 Å². The van der Waals surface area contributed by atoms with Crippen LogP contribution in [0, 0.1) is 6.07 Å². The van der Waals surface area contributed by atoms with Crippen molar-refractivity contribution in [3.63, 3.8) is 0 Å². The van der Waals surface area contributed by atoms with E-state index in [2.05, 4.69) is 40.5 Å². The Kier molecular flexibility index (Phi) is 4.45. The lowest BCUT2D eigenvalue weighted by Crippen LogP contribution is -2.36. The molecule has 2 aliphatic rings. The standard InChI is InChI=1S/C19H19N2O2S/c22-9-3-4-14-12-15(21-7-10-23-11-8-21)13-18-19(14)20-16-5-1-2-6-17(16)24-18/h1-2,5-6,9,13,20H,3-4,7-8,10-11H2. The van der Waals surface area contributed by atoms with E-state index in [9.17, 15) is 4.79 Å². The predicted octanol–water partition coefficient (Wildman–Crippen LogP) is 3.66. The Morgan fingerprint density at radius 2 is 2.08 bits per heavy atom. The van der Waals surface area contributed by atoms with E-state index in [0.717, 1.165) is 55.2 Å². The molecule has 0 unspecified atom stereocenters. The molecule has 2 aromatic carbocycles. The first-order valence-electron chi connectivity index (χ1n) is 8.24. The molecule has 2 aromatic rings. The molecule has 2 heterocycles. The zero-order valence-electron chi connectivity index (χ0n) is 13.4. The van der Waals surface area contributed by atoms with Gasteiger partial charge in [-0.2, -0.15) is 0 Å². The van der Waals surface area contributed by atoms with Crippen LogP contribution in [0.25, 0.3) is 0 Å². The quantitative estimate of drug-likeness (QED) is 0.735. The van der Waals surface area contributed by atoms with Gasteiger partial charge in [0.25, 0.3) is 0 Å². The molecule has 0 saturated carbocycles. The Morgan fingerprint density at radius 3 is 2.92 bits per heavy atom. The lowest BCUT2D eigenvalue weighted by Gasteiger charge is -2.31. The number of aldehydes is 1. The first-order chi connectivity index (χ1) is 11.8. The summed E-state index contributed by atoms with van der Waals surface area (Å²) >= 11 is 1.78. The highest BCUT2D eigenvalue weighted by Gasteiger charge is 2.22. The fraction of sp³-hybridized carbons (Fsp3) is 0.316. The van der Waals surface area contributed by atoms with Crippen LogP contribution in [0.15, 0.2) is 40.1 Å². The molecule has 1 saturated heterocycles. The molecule has 0 spiro atoms. The summed E-state index contributed by atoms with van der Waals surface area (Å²) in [6.45, 7) is 3.28. The third-order valence-corrected chi connectivity index (χ3v) is 5.44. The summed E-state index contributed by atoms with van der Waals surface area (Å²) in [4.78, 5) is 15.6. The molecule has 1 N–H and O–H groups in total. The summed E-state index contributed by atoms with van der Waals surface area (Å²) in [7, 11) is 0. The molecule has 5 heteroatoms. The highest BCUT2D eigenvalue weighted by atomic mass is 32.2. The van der Waals surface area contributed by atoms with Gasteiger partial charge in [-0.1, -0.05) is 23.9 Å². The lowest BCUT2D eigenvalue weighted by atomic mass is 10.0. The molecule has 1 fully saturated rings. The van der Waals surface area contributed by atoms with E-state index in [1.54, 1.807) is 11.8 Å². The zero-order valence-corrected chi connectivity index (χ0v) is 14.2. The van der Waals surface area contributed by atoms with Gasteiger partial charge in [0, 0.05) is 41.1 Å². The van der Waals surface area contributed by atoms with Crippen molar-refractivity contribution in [2.45, 2.75) is 22.6 Å². The SMILES string of the molecule is O=CCCc1[c]c(N2CCOCC2)cc2c1Nc1ccccc1S2. The summed E-state index contributed by atoms with van der Waals surface area (Å²) in [5.41, 5.74) is 4.40. The Hall–Kier alpha value is -1.98. The van der Waals surface area contributed by atoms with Gasteiger partial charge in [-0.25, -0.2) is 0 Å². The highest BCUT2D eigenvalue weighted by Crippen LogP contribution is 2.47. The van der Waals surface area contributed by atoms with Gasteiger partial charge in [0.2, 0.25) is 0 Å². The number of carbonyl (C=O) groups excluding carboxylic acids is 1. The minimum Gasteiger partial charge on any atom is -0.378 e. The predicted molar refractivity (Wildman–Crippen MR) is 96.5 cm³/mol. The van der Waals surface area contributed by atoms with Crippen LogP contribution in [0.2, 0.25) is 0 Å². The Balaban J connectivity index is 1.73. The molecule has 24 heavy (non-hydrogen) atoms. The third-order valence-electron chi connectivity index (χ3n) is 4.33. The molecule has 0 atom stereocenters. The summed E-state index contributed by atoms with van der Waals surface area (Å²) in [6.07, 6.45) is 2.20. The minimum absolute atomic E-state index is 0.517. The second kappa shape index (κ2) is 6.87.